The summed E-state index contributed by atoms with van der Waals surface area (Å²) in [6.07, 6.45) is 1.62. The van der Waals surface area contributed by atoms with Crippen molar-refractivity contribution in [1.82, 2.24) is 14.2 Å². The van der Waals surface area contributed by atoms with Crippen LogP contribution in [0.15, 0.2) is 64.9 Å². The van der Waals surface area contributed by atoms with Crippen LogP contribution in [0.4, 0.5) is 5.69 Å². The van der Waals surface area contributed by atoms with Gasteiger partial charge >= 0.3 is 11.7 Å². The van der Waals surface area contributed by atoms with Crippen LogP contribution in [0, 0.1) is 0 Å². The molecule has 0 spiro atoms. The van der Waals surface area contributed by atoms with Gasteiger partial charge < -0.3 is 10.1 Å². The van der Waals surface area contributed by atoms with Crippen LogP contribution >= 0.6 is 22.9 Å². The topological polar surface area (TPSA) is 94.7 Å². The number of fused-ring (bicyclic) bond motifs is 1. The number of ether oxygens (including phenoxy) is 1. The van der Waals surface area contributed by atoms with Crippen molar-refractivity contribution < 1.29 is 14.3 Å². The second-order valence-corrected chi connectivity index (χ2v) is 7.55. The predicted molar refractivity (Wildman–Crippen MR) is 113 cm³/mol. The number of anilines is 1. The number of carbonyl (C=O) groups excluding carboxylic acids is 2. The molecule has 0 unspecified atom stereocenters. The van der Waals surface area contributed by atoms with Crippen LogP contribution in [0.1, 0.15) is 20.0 Å². The molecule has 8 nitrogen and oxygen atoms in total. The lowest BCUT2D eigenvalue weighted by Gasteiger charge is -2.09. The Balaban J connectivity index is 1.41. The van der Waals surface area contributed by atoms with Crippen LogP contribution < -0.4 is 11.0 Å². The number of hydrogen-bond acceptors (Lipinski definition) is 6. The lowest BCUT2D eigenvalue weighted by molar-refractivity contribution is 0.0486. The number of carbonyl (C=O) groups is 2. The number of amides is 1. The Labute approximate surface area is 179 Å². The Bertz CT molecular complexity index is 1280. The Morgan fingerprint density at radius 3 is 2.80 bits per heavy atom. The van der Waals surface area contributed by atoms with Crippen molar-refractivity contribution in [2.24, 2.45) is 0 Å². The molecular formula is C20H15ClN4O4S. The van der Waals surface area contributed by atoms with Crippen molar-refractivity contribution in [3.63, 3.8) is 0 Å². The molecule has 0 aliphatic rings. The molecule has 1 aromatic carbocycles. The maximum Gasteiger partial charge on any atom is 0.350 e. The summed E-state index contributed by atoms with van der Waals surface area (Å²) in [5, 5.41) is 8.95. The third-order valence-electron chi connectivity index (χ3n) is 4.22. The first-order valence-corrected chi connectivity index (χ1v) is 10.1. The number of esters is 1. The van der Waals surface area contributed by atoms with Gasteiger partial charge in [0.15, 0.2) is 5.65 Å². The summed E-state index contributed by atoms with van der Waals surface area (Å²) in [7, 11) is 0. The third kappa shape index (κ3) is 4.12. The lowest BCUT2D eigenvalue weighted by atomic mass is 10.2. The first-order chi connectivity index (χ1) is 14.5. The highest BCUT2D eigenvalue weighted by Gasteiger charge is 2.14. The van der Waals surface area contributed by atoms with E-state index in [1.165, 1.54) is 38.6 Å². The molecule has 0 atom stereocenters. The van der Waals surface area contributed by atoms with Gasteiger partial charge in [0.25, 0.3) is 5.91 Å². The minimum absolute atomic E-state index is 0.0395. The van der Waals surface area contributed by atoms with Crippen LogP contribution in [0.2, 0.25) is 5.02 Å². The molecule has 30 heavy (non-hydrogen) atoms. The van der Waals surface area contributed by atoms with Crippen molar-refractivity contribution in [1.29, 1.82) is 0 Å². The molecule has 0 aliphatic heterocycles. The molecule has 0 aliphatic carbocycles. The molecule has 10 heteroatoms. The highest BCUT2D eigenvalue weighted by Crippen LogP contribution is 2.24. The minimum atomic E-state index is -0.602. The molecule has 3 heterocycles. The van der Waals surface area contributed by atoms with Crippen LogP contribution in [0.25, 0.3) is 5.65 Å². The van der Waals surface area contributed by atoms with E-state index in [-0.39, 0.29) is 30.3 Å². The Morgan fingerprint density at radius 2 is 2.03 bits per heavy atom. The largest absolute Gasteiger partial charge is 0.460 e. The van der Waals surface area contributed by atoms with Gasteiger partial charge in [0.1, 0.15) is 6.61 Å². The second-order valence-electron chi connectivity index (χ2n) is 6.20. The van der Waals surface area contributed by atoms with E-state index in [0.29, 0.717) is 21.2 Å². The predicted octanol–water partition coefficient (Wildman–Crippen LogP) is 3.32. The molecule has 0 bridgehead atoms. The highest BCUT2D eigenvalue weighted by molar-refractivity contribution is 7.12. The quantitative estimate of drug-likeness (QED) is 0.462. The van der Waals surface area contributed by atoms with E-state index in [2.05, 4.69) is 10.4 Å². The number of benzene rings is 1. The van der Waals surface area contributed by atoms with Gasteiger partial charge in [-0.05, 0) is 41.8 Å². The van der Waals surface area contributed by atoms with Gasteiger partial charge in [0, 0.05) is 6.20 Å². The second kappa shape index (κ2) is 8.52. The highest BCUT2D eigenvalue weighted by atomic mass is 35.5. The maximum atomic E-state index is 12.4. The molecule has 0 saturated carbocycles. The number of nitrogens with one attached hydrogen (secondary N) is 1. The van der Waals surface area contributed by atoms with Crippen molar-refractivity contribution in [3.05, 3.63) is 86.1 Å². The zero-order valence-electron chi connectivity index (χ0n) is 15.4. The molecule has 4 aromatic rings. The first-order valence-electron chi connectivity index (χ1n) is 8.88. The lowest BCUT2D eigenvalue weighted by Crippen LogP contribution is -2.24. The summed E-state index contributed by atoms with van der Waals surface area (Å²) < 4.78 is 7.89. The van der Waals surface area contributed by atoms with E-state index in [0.717, 1.165) is 0 Å². The Morgan fingerprint density at radius 1 is 1.17 bits per heavy atom. The van der Waals surface area contributed by atoms with Gasteiger partial charge in [0.2, 0.25) is 0 Å². The average Bonchev–Trinajstić information content (AvgIpc) is 3.39. The molecule has 1 amide bonds. The normalized spacial score (nSPS) is 10.8. The minimum Gasteiger partial charge on any atom is -0.460 e. The van der Waals surface area contributed by atoms with E-state index in [9.17, 15) is 14.4 Å². The number of nitrogens with zero attached hydrogens (tertiary/aromatic N) is 3. The van der Waals surface area contributed by atoms with Crippen molar-refractivity contribution in [3.8, 4) is 0 Å². The van der Waals surface area contributed by atoms with Gasteiger partial charge in [-0.25, -0.2) is 14.3 Å². The summed E-state index contributed by atoms with van der Waals surface area (Å²) in [5.74, 6) is -0.918. The monoisotopic (exact) mass is 442 g/mol. The zero-order valence-corrected chi connectivity index (χ0v) is 17.0. The summed E-state index contributed by atoms with van der Waals surface area (Å²) in [5.41, 5.74) is 0.730. The molecule has 4 rings (SSSR count). The fourth-order valence-electron chi connectivity index (χ4n) is 2.76. The van der Waals surface area contributed by atoms with Crippen molar-refractivity contribution >= 4 is 46.1 Å². The van der Waals surface area contributed by atoms with Gasteiger partial charge in [-0.2, -0.15) is 0 Å². The van der Waals surface area contributed by atoms with E-state index < -0.39 is 5.97 Å². The molecule has 0 radical (unpaired) electrons. The van der Waals surface area contributed by atoms with Crippen LogP contribution in [-0.4, -0.2) is 32.7 Å². The summed E-state index contributed by atoms with van der Waals surface area (Å²) >= 11 is 7.43. The molecule has 152 valence electrons. The van der Waals surface area contributed by atoms with Gasteiger partial charge in [0.05, 0.1) is 27.7 Å². The molecule has 0 saturated heterocycles. The Kier molecular flexibility index (Phi) is 5.64. The summed E-state index contributed by atoms with van der Waals surface area (Å²) in [6, 6.07) is 13.1. The molecule has 3 aromatic heterocycles. The number of pyridine rings is 1. The van der Waals surface area contributed by atoms with Crippen molar-refractivity contribution in [2.45, 2.75) is 6.54 Å². The van der Waals surface area contributed by atoms with E-state index >= 15 is 0 Å². The summed E-state index contributed by atoms with van der Waals surface area (Å²) in [4.78, 5) is 37.4. The van der Waals surface area contributed by atoms with E-state index in [1.807, 2.05) is 0 Å². The van der Waals surface area contributed by atoms with Crippen molar-refractivity contribution in [2.75, 3.05) is 11.9 Å². The molecular weight excluding hydrogens is 428 g/mol. The number of halogens is 1. The zero-order chi connectivity index (χ0) is 21.1. The number of thiophene rings is 1. The van der Waals surface area contributed by atoms with Crippen LogP contribution in [-0.2, 0) is 11.3 Å². The van der Waals surface area contributed by atoms with Crippen LogP contribution in [0.3, 0.4) is 0 Å². The number of aromatic nitrogens is 3. The molecule has 0 fully saturated rings. The standard InChI is InChI=1S/C20H15ClN4O4S/c21-14-7-6-13(12-15(14)22-18(26)16-4-3-11-30-16)19(27)29-10-9-25-20(28)24-8-2-1-5-17(24)23-25/h1-8,11-12H,9-10H2,(H,22,26). The van der Waals surface area contributed by atoms with E-state index in [4.69, 9.17) is 16.3 Å². The maximum absolute atomic E-state index is 12.4. The molecule has 1 N–H and O–H groups in total. The first kappa shape index (κ1) is 19.9. The fourth-order valence-corrected chi connectivity index (χ4v) is 3.55. The Hall–Kier alpha value is -3.43. The number of rotatable bonds is 6. The smallest absolute Gasteiger partial charge is 0.350 e. The van der Waals surface area contributed by atoms with Gasteiger partial charge in [-0.3, -0.25) is 9.20 Å². The van der Waals surface area contributed by atoms with Gasteiger partial charge in [-0.15, -0.1) is 16.4 Å². The van der Waals surface area contributed by atoms with Crippen LogP contribution in [0.5, 0.6) is 0 Å². The SMILES string of the molecule is O=C(OCCn1nc2ccccn2c1=O)c1ccc(Cl)c(NC(=O)c2cccs2)c1. The number of hydrogen-bond donors (Lipinski definition) is 1. The van der Waals surface area contributed by atoms with E-state index in [1.54, 1.807) is 41.9 Å². The summed E-state index contributed by atoms with van der Waals surface area (Å²) in [6.45, 7) is 0.0734. The third-order valence-corrected chi connectivity index (χ3v) is 5.42. The van der Waals surface area contributed by atoms with Gasteiger partial charge in [-0.1, -0.05) is 23.7 Å². The fraction of sp³-hybridized carbons (Fsp3) is 0.100. The average molecular weight is 443 g/mol.